The number of aromatic nitrogens is 1. The zero-order chi connectivity index (χ0) is 25.5. The van der Waals surface area contributed by atoms with E-state index in [0.29, 0.717) is 11.3 Å². The summed E-state index contributed by atoms with van der Waals surface area (Å²) in [5.41, 5.74) is 1.34. The molecule has 0 unspecified atom stereocenters. The number of carbonyl (C=O) groups is 2. The standard InChI is InChI=1S/C27H28FNO6/c1-16(14-21(30)25-26(31)22(33-3)12-13-29-25)27(32)35-17(2)24(18-8-6-5-7-9-18)20-11-10-19(28)15-23(20)34-4/h5-13,15-17,24,31H,14H2,1-4H3/t16-,17+,24+/m1/s1. The number of ketones is 1. The van der Waals surface area contributed by atoms with Crippen molar-refractivity contribution in [1.82, 2.24) is 4.98 Å². The lowest BCUT2D eigenvalue weighted by molar-refractivity contribution is -0.153. The number of halogens is 1. The summed E-state index contributed by atoms with van der Waals surface area (Å²) in [5, 5.41) is 10.2. The molecular weight excluding hydrogens is 453 g/mol. The summed E-state index contributed by atoms with van der Waals surface area (Å²) in [7, 11) is 2.82. The summed E-state index contributed by atoms with van der Waals surface area (Å²) in [6.07, 6.45) is 0.470. The first-order valence-corrected chi connectivity index (χ1v) is 11.1. The average molecular weight is 482 g/mol. The van der Waals surface area contributed by atoms with Crippen LogP contribution < -0.4 is 9.47 Å². The minimum absolute atomic E-state index is 0.117. The third-order valence-electron chi connectivity index (χ3n) is 5.73. The van der Waals surface area contributed by atoms with Gasteiger partial charge in [-0.15, -0.1) is 0 Å². The SMILES string of the molecule is COc1cc(F)ccc1[C@H](c1ccccc1)[C@H](C)OC(=O)[C@H](C)CC(=O)c1nccc(OC)c1O. The van der Waals surface area contributed by atoms with Gasteiger partial charge >= 0.3 is 5.97 Å². The molecule has 0 radical (unpaired) electrons. The van der Waals surface area contributed by atoms with Crippen LogP contribution in [0.1, 0.15) is 47.8 Å². The second-order valence-electron chi connectivity index (χ2n) is 8.16. The highest BCUT2D eigenvalue weighted by molar-refractivity contribution is 5.99. The number of esters is 1. The first-order valence-electron chi connectivity index (χ1n) is 11.1. The zero-order valence-corrected chi connectivity index (χ0v) is 20.0. The number of hydrogen-bond donors (Lipinski definition) is 1. The van der Waals surface area contributed by atoms with Gasteiger partial charge in [0, 0.05) is 36.2 Å². The number of ether oxygens (including phenoxy) is 3. The number of aromatic hydroxyl groups is 1. The third kappa shape index (κ3) is 5.95. The van der Waals surface area contributed by atoms with E-state index in [9.17, 15) is 19.1 Å². The molecule has 0 aliphatic carbocycles. The van der Waals surface area contributed by atoms with E-state index in [0.717, 1.165) is 5.56 Å². The van der Waals surface area contributed by atoms with E-state index < -0.39 is 35.5 Å². The summed E-state index contributed by atoms with van der Waals surface area (Å²) in [6.45, 7) is 3.31. The maximum Gasteiger partial charge on any atom is 0.309 e. The smallest absolute Gasteiger partial charge is 0.309 e. The summed E-state index contributed by atoms with van der Waals surface area (Å²) in [4.78, 5) is 29.5. The van der Waals surface area contributed by atoms with Gasteiger partial charge in [0.1, 0.15) is 17.7 Å². The molecular formula is C27H28FNO6. The van der Waals surface area contributed by atoms with Crippen molar-refractivity contribution < 1.29 is 33.3 Å². The van der Waals surface area contributed by atoms with Crippen LogP contribution in [-0.4, -0.2) is 42.2 Å². The Balaban J connectivity index is 1.80. The molecule has 2 aromatic carbocycles. The van der Waals surface area contributed by atoms with E-state index in [1.165, 1.54) is 38.6 Å². The summed E-state index contributed by atoms with van der Waals surface area (Å²) < 4.78 is 30.0. The molecule has 1 aromatic heterocycles. The molecule has 0 aliphatic heterocycles. The number of rotatable bonds is 10. The second kappa shape index (κ2) is 11.5. The zero-order valence-electron chi connectivity index (χ0n) is 20.0. The van der Waals surface area contributed by atoms with E-state index in [2.05, 4.69) is 4.98 Å². The van der Waals surface area contributed by atoms with Gasteiger partial charge < -0.3 is 19.3 Å². The number of hydrogen-bond acceptors (Lipinski definition) is 7. The summed E-state index contributed by atoms with van der Waals surface area (Å²) in [5.74, 6) is -2.71. The van der Waals surface area contributed by atoms with Gasteiger partial charge in [0.05, 0.1) is 20.1 Å². The highest BCUT2D eigenvalue weighted by atomic mass is 19.1. The Bertz CT molecular complexity index is 1180. The molecule has 0 saturated heterocycles. The van der Waals surface area contributed by atoms with Crippen molar-refractivity contribution in [3.05, 3.63) is 83.4 Å². The summed E-state index contributed by atoms with van der Waals surface area (Å²) >= 11 is 0. The lowest BCUT2D eigenvalue weighted by atomic mass is 9.86. The van der Waals surface area contributed by atoms with E-state index in [1.807, 2.05) is 30.3 Å². The Labute approximate surface area is 203 Å². The van der Waals surface area contributed by atoms with Crippen LogP contribution in [-0.2, 0) is 9.53 Å². The molecule has 3 aromatic rings. The molecule has 35 heavy (non-hydrogen) atoms. The van der Waals surface area contributed by atoms with Crippen molar-refractivity contribution in [3.63, 3.8) is 0 Å². The molecule has 0 spiro atoms. The Kier molecular flexibility index (Phi) is 8.41. The quantitative estimate of drug-likeness (QED) is 0.325. The first-order chi connectivity index (χ1) is 16.8. The maximum atomic E-state index is 13.8. The van der Waals surface area contributed by atoms with Crippen molar-refractivity contribution in [3.8, 4) is 17.2 Å². The lowest BCUT2D eigenvalue weighted by Crippen LogP contribution is -2.28. The highest BCUT2D eigenvalue weighted by Crippen LogP contribution is 2.36. The fourth-order valence-corrected chi connectivity index (χ4v) is 3.94. The normalized spacial score (nSPS) is 13.4. The minimum Gasteiger partial charge on any atom is -0.503 e. The van der Waals surface area contributed by atoms with Gasteiger partial charge in [-0.3, -0.25) is 9.59 Å². The molecule has 3 atom stereocenters. The second-order valence-corrected chi connectivity index (χ2v) is 8.16. The number of carbonyl (C=O) groups excluding carboxylic acids is 2. The fraction of sp³-hybridized carbons (Fsp3) is 0.296. The largest absolute Gasteiger partial charge is 0.503 e. The van der Waals surface area contributed by atoms with Crippen LogP contribution in [0.15, 0.2) is 60.8 Å². The van der Waals surface area contributed by atoms with Crippen molar-refractivity contribution in [2.45, 2.75) is 32.3 Å². The average Bonchev–Trinajstić information content (AvgIpc) is 2.85. The molecule has 0 amide bonds. The molecule has 0 saturated carbocycles. The predicted octanol–water partition coefficient (Wildman–Crippen LogP) is 4.92. The van der Waals surface area contributed by atoms with Crippen LogP contribution in [0.5, 0.6) is 17.2 Å². The first kappa shape index (κ1) is 25.7. The number of Topliss-reactive ketones (excluding diaryl/α,β-unsaturated/α-hetero) is 1. The van der Waals surface area contributed by atoms with Gasteiger partial charge in [-0.2, -0.15) is 0 Å². The van der Waals surface area contributed by atoms with E-state index >= 15 is 0 Å². The van der Waals surface area contributed by atoms with Gasteiger partial charge in [0.15, 0.2) is 23.0 Å². The van der Waals surface area contributed by atoms with E-state index in [4.69, 9.17) is 14.2 Å². The van der Waals surface area contributed by atoms with Gasteiger partial charge in [0.2, 0.25) is 0 Å². The Morgan fingerprint density at radius 3 is 2.34 bits per heavy atom. The van der Waals surface area contributed by atoms with Crippen molar-refractivity contribution in [1.29, 1.82) is 0 Å². The molecule has 8 heteroatoms. The monoisotopic (exact) mass is 481 g/mol. The third-order valence-corrected chi connectivity index (χ3v) is 5.73. The molecule has 0 fully saturated rings. The Morgan fingerprint density at radius 2 is 1.69 bits per heavy atom. The van der Waals surface area contributed by atoms with Gasteiger partial charge in [-0.25, -0.2) is 9.37 Å². The van der Waals surface area contributed by atoms with Crippen LogP contribution >= 0.6 is 0 Å². The molecule has 0 bridgehead atoms. The van der Waals surface area contributed by atoms with Crippen LogP contribution in [0, 0.1) is 11.7 Å². The van der Waals surface area contributed by atoms with Crippen molar-refractivity contribution in [2.75, 3.05) is 14.2 Å². The lowest BCUT2D eigenvalue weighted by Gasteiger charge is -2.27. The fourth-order valence-electron chi connectivity index (χ4n) is 3.94. The molecule has 0 aliphatic rings. The van der Waals surface area contributed by atoms with E-state index in [-0.39, 0.29) is 23.6 Å². The number of methoxy groups -OCH3 is 2. The van der Waals surface area contributed by atoms with Crippen LogP contribution in [0.3, 0.4) is 0 Å². The Hall–Kier alpha value is -3.94. The number of pyridine rings is 1. The minimum atomic E-state index is -0.802. The van der Waals surface area contributed by atoms with Gasteiger partial charge in [-0.1, -0.05) is 43.3 Å². The topological polar surface area (TPSA) is 95.0 Å². The Morgan fingerprint density at radius 1 is 1.00 bits per heavy atom. The molecule has 3 rings (SSSR count). The van der Waals surface area contributed by atoms with Crippen molar-refractivity contribution >= 4 is 11.8 Å². The summed E-state index contributed by atoms with van der Waals surface area (Å²) in [6, 6.07) is 15.0. The molecule has 1 heterocycles. The molecule has 184 valence electrons. The van der Waals surface area contributed by atoms with Crippen molar-refractivity contribution in [2.24, 2.45) is 5.92 Å². The molecule has 1 N–H and O–H groups in total. The maximum absolute atomic E-state index is 13.8. The number of benzene rings is 2. The predicted molar refractivity (Wildman–Crippen MR) is 127 cm³/mol. The van der Waals surface area contributed by atoms with Gasteiger partial charge in [-0.05, 0) is 18.6 Å². The molecule has 7 nitrogen and oxygen atoms in total. The van der Waals surface area contributed by atoms with Gasteiger partial charge in [0.25, 0.3) is 0 Å². The number of nitrogens with zero attached hydrogens (tertiary/aromatic N) is 1. The van der Waals surface area contributed by atoms with Crippen LogP contribution in [0.2, 0.25) is 0 Å². The highest BCUT2D eigenvalue weighted by Gasteiger charge is 2.30. The van der Waals surface area contributed by atoms with Crippen LogP contribution in [0.25, 0.3) is 0 Å². The van der Waals surface area contributed by atoms with Crippen LogP contribution in [0.4, 0.5) is 4.39 Å². The van der Waals surface area contributed by atoms with E-state index in [1.54, 1.807) is 19.9 Å².